The number of nitrogens with one attached hydrogen (secondary N) is 1. The summed E-state index contributed by atoms with van der Waals surface area (Å²) in [5.41, 5.74) is 0.104. The van der Waals surface area contributed by atoms with Crippen molar-refractivity contribution in [3.8, 4) is 0 Å². The number of carbonyl (C=O) groups is 1. The topological polar surface area (TPSA) is 95.0 Å². The summed E-state index contributed by atoms with van der Waals surface area (Å²) in [5, 5.41) is 3.05. The highest BCUT2D eigenvalue weighted by Crippen LogP contribution is 2.20. The molecule has 0 atom stereocenters. The zero-order valence-corrected chi connectivity index (χ0v) is 14.9. The Morgan fingerprint density at radius 1 is 1.35 bits per heavy atom. The van der Waals surface area contributed by atoms with Gasteiger partial charge < -0.3 is 14.3 Å². The lowest BCUT2D eigenvalue weighted by molar-refractivity contribution is 0.0952. The van der Waals surface area contributed by atoms with Gasteiger partial charge in [0.05, 0.1) is 5.56 Å². The second kappa shape index (κ2) is 7.38. The molecule has 1 N–H and O–H groups in total. The van der Waals surface area contributed by atoms with E-state index in [1.54, 1.807) is 19.2 Å². The van der Waals surface area contributed by atoms with Gasteiger partial charge >= 0.3 is 0 Å². The molecule has 8 heteroatoms. The van der Waals surface area contributed by atoms with Gasteiger partial charge in [0.15, 0.2) is 0 Å². The highest BCUT2D eigenvalue weighted by Gasteiger charge is 2.22. The summed E-state index contributed by atoms with van der Waals surface area (Å²) in [6.07, 6.45) is 7.38. The predicted octanol–water partition coefficient (Wildman–Crippen LogP) is 1.81. The van der Waals surface area contributed by atoms with E-state index in [9.17, 15) is 9.59 Å². The van der Waals surface area contributed by atoms with Crippen LogP contribution in [0.2, 0.25) is 0 Å². The lowest BCUT2D eigenvalue weighted by Gasteiger charge is -2.07. The highest BCUT2D eigenvalue weighted by molar-refractivity contribution is 6.06. The molecule has 0 unspecified atom stereocenters. The first-order valence-electron chi connectivity index (χ1n) is 8.38. The van der Waals surface area contributed by atoms with Crippen LogP contribution in [0.3, 0.4) is 0 Å². The first kappa shape index (κ1) is 17.7. The number of hydrogen-bond donors (Lipinski definition) is 1. The van der Waals surface area contributed by atoms with Gasteiger partial charge in [-0.3, -0.25) is 14.2 Å². The molecule has 26 heavy (non-hydrogen) atoms. The average Bonchev–Trinajstić information content (AvgIpc) is 3.17. The number of allylic oxidation sites excluding steroid dienone is 1. The molecule has 3 rings (SSSR count). The summed E-state index contributed by atoms with van der Waals surface area (Å²) in [4.78, 5) is 33.5. The van der Waals surface area contributed by atoms with Gasteiger partial charge in [0.25, 0.3) is 11.5 Å². The molecule has 136 valence electrons. The molecule has 0 aliphatic rings. The van der Waals surface area contributed by atoms with Gasteiger partial charge in [-0.25, -0.2) is 9.97 Å². The summed E-state index contributed by atoms with van der Waals surface area (Å²) >= 11 is 0. The number of nitrogens with zero attached hydrogens (tertiary/aromatic N) is 4. The summed E-state index contributed by atoms with van der Waals surface area (Å²) in [5.74, 6) is 0.976. The van der Waals surface area contributed by atoms with Gasteiger partial charge in [-0.05, 0) is 20.3 Å². The van der Waals surface area contributed by atoms with Gasteiger partial charge in [-0.15, -0.1) is 6.58 Å². The van der Waals surface area contributed by atoms with Crippen molar-refractivity contribution in [2.24, 2.45) is 0 Å². The summed E-state index contributed by atoms with van der Waals surface area (Å²) < 4.78 is 8.90. The monoisotopic (exact) mass is 355 g/mol. The number of furan rings is 1. The molecule has 0 saturated heterocycles. The number of hydrogen-bond acceptors (Lipinski definition) is 5. The van der Waals surface area contributed by atoms with E-state index in [4.69, 9.17) is 4.42 Å². The van der Waals surface area contributed by atoms with Crippen molar-refractivity contribution >= 4 is 17.0 Å². The molecule has 0 aliphatic heterocycles. The zero-order chi connectivity index (χ0) is 18.7. The van der Waals surface area contributed by atoms with Crippen LogP contribution in [0.5, 0.6) is 0 Å². The molecule has 0 saturated carbocycles. The van der Waals surface area contributed by atoms with E-state index in [2.05, 4.69) is 21.9 Å². The molecule has 3 aromatic heterocycles. The molecule has 0 radical (unpaired) electrons. The minimum Gasteiger partial charge on any atom is -0.442 e. The van der Waals surface area contributed by atoms with E-state index in [0.717, 1.165) is 18.8 Å². The van der Waals surface area contributed by atoms with Crippen LogP contribution in [0.1, 0.15) is 28.4 Å². The number of fused-ring (bicyclic) bond motifs is 1. The van der Waals surface area contributed by atoms with Crippen molar-refractivity contribution in [3.05, 3.63) is 58.9 Å². The third-order valence-corrected chi connectivity index (χ3v) is 4.19. The SMILES string of the molecule is C=CCn1cnc2oc(C)c(C(=O)NCCCn3ccnc3C)c2c1=O. The molecular weight excluding hydrogens is 334 g/mol. The van der Waals surface area contributed by atoms with Crippen molar-refractivity contribution in [2.45, 2.75) is 33.4 Å². The van der Waals surface area contributed by atoms with Gasteiger partial charge in [-0.1, -0.05) is 6.08 Å². The lowest BCUT2D eigenvalue weighted by atomic mass is 10.1. The first-order chi connectivity index (χ1) is 12.5. The van der Waals surface area contributed by atoms with Crippen molar-refractivity contribution in [2.75, 3.05) is 6.54 Å². The maximum Gasteiger partial charge on any atom is 0.265 e. The predicted molar refractivity (Wildman–Crippen MR) is 97.1 cm³/mol. The Balaban J connectivity index is 1.76. The third kappa shape index (κ3) is 3.30. The van der Waals surface area contributed by atoms with Crippen LogP contribution in [0, 0.1) is 13.8 Å². The van der Waals surface area contributed by atoms with Crippen molar-refractivity contribution in [1.29, 1.82) is 0 Å². The Bertz CT molecular complexity index is 1010. The van der Waals surface area contributed by atoms with Crippen LogP contribution < -0.4 is 10.9 Å². The van der Waals surface area contributed by atoms with Gasteiger partial charge in [-0.2, -0.15) is 0 Å². The van der Waals surface area contributed by atoms with E-state index in [1.165, 1.54) is 10.9 Å². The number of rotatable bonds is 7. The van der Waals surface area contributed by atoms with Gasteiger partial charge in [0.2, 0.25) is 5.71 Å². The van der Waals surface area contributed by atoms with Gasteiger partial charge in [0, 0.05) is 32.0 Å². The van der Waals surface area contributed by atoms with E-state index in [-0.39, 0.29) is 28.1 Å². The average molecular weight is 355 g/mol. The van der Waals surface area contributed by atoms with E-state index in [1.807, 2.05) is 17.7 Å². The van der Waals surface area contributed by atoms with Crippen LogP contribution in [0.15, 0.2) is 40.6 Å². The Hall–Kier alpha value is -3.16. The number of aromatic nitrogens is 4. The second-order valence-electron chi connectivity index (χ2n) is 5.98. The quantitative estimate of drug-likeness (QED) is 0.515. The molecule has 0 aliphatic carbocycles. The zero-order valence-electron chi connectivity index (χ0n) is 14.9. The van der Waals surface area contributed by atoms with E-state index >= 15 is 0 Å². The molecule has 8 nitrogen and oxygen atoms in total. The second-order valence-corrected chi connectivity index (χ2v) is 5.98. The molecule has 3 aromatic rings. The van der Waals surface area contributed by atoms with Crippen LogP contribution in [0.25, 0.3) is 11.1 Å². The lowest BCUT2D eigenvalue weighted by Crippen LogP contribution is -2.28. The molecule has 0 spiro atoms. The van der Waals surface area contributed by atoms with Crippen LogP contribution in [-0.4, -0.2) is 31.6 Å². The van der Waals surface area contributed by atoms with E-state index < -0.39 is 0 Å². The maximum atomic E-state index is 12.6. The molecule has 0 fully saturated rings. The van der Waals surface area contributed by atoms with Crippen molar-refractivity contribution < 1.29 is 9.21 Å². The Labute approximate surface area is 150 Å². The number of carbonyl (C=O) groups excluding carboxylic acids is 1. The molecule has 3 heterocycles. The third-order valence-electron chi connectivity index (χ3n) is 4.19. The molecular formula is C18H21N5O3. The standard InChI is InChI=1S/C18H21N5O3/c1-4-8-23-11-21-17-15(18(23)25)14(12(2)26-17)16(24)20-6-5-9-22-10-7-19-13(22)3/h4,7,10-11H,1,5-6,8-9H2,2-3H3,(H,20,24). The minimum atomic E-state index is -0.334. The van der Waals surface area contributed by atoms with Crippen molar-refractivity contribution in [1.82, 2.24) is 24.4 Å². The minimum absolute atomic E-state index is 0.173. The smallest absolute Gasteiger partial charge is 0.265 e. The molecule has 1 amide bonds. The molecule has 0 aromatic carbocycles. The normalized spacial score (nSPS) is 11.0. The highest BCUT2D eigenvalue weighted by atomic mass is 16.3. The van der Waals surface area contributed by atoms with Gasteiger partial charge in [0.1, 0.15) is 23.3 Å². The fourth-order valence-corrected chi connectivity index (χ4v) is 2.86. The van der Waals surface area contributed by atoms with Crippen LogP contribution in [0.4, 0.5) is 0 Å². The van der Waals surface area contributed by atoms with Crippen LogP contribution >= 0.6 is 0 Å². The molecule has 0 bridgehead atoms. The Morgan fingerprint density at radius 2 is 2.15 bits per heavy atom. The fraction of sp³-hybridized carbons (Fsp3) is 0.333. The first-order valence-corrected chi connectivity index (χ1v) is 8.38. The summed E-state index contributed by atoms with van der Waals surface area (Å²) in [6.45, 7) is 8.75. The Kier molecular flexibility index (Phi) is 5.01. The number of amides is 1. The summed E-state index contributed by atoms with van der Waals surface area (Å²) in [7, 11) is 0. The number of aryl methyl sites for hydroxylation is 3. The largest absolute Gasteiger partial charge is 0.442 e. The summed E-state index contributed by atoms with van der Waals surface area (Å²) in [6, 6.07) is 0. The van der Waals surface area contributed by atoms with Crippen LogP contribution in [-0.2, 0) is 13.1 Å². The fourth-order valence-electron chi connectivity index (χ4n) is 2.86. The Morgan fingerprint density at radius 3 is 2.85 bits per heavy atom. The van der Waals surface area contributed by atoms with E-state index in [0.29, 0.717) is 18.8 Å². The number of imidazole rings is 1. The maximum absolute atomic E-state index is 12.6. The van der Waals surface area contributed by atoms with Crippen molar-refractivity contribution in [3.63, 3.8) is 0 Å².